The van der Waals surface area contributed by atoms with Crippen LogP contribution in [0.25, 0.3) is 16.7 Å². The SMILES string of the molecule is CC1=C2C=C3[C@@H](O)[C@H](O)[C@@H](N(C)C)C[C@]34CC[C@]2(O4)C2CC=C(c3ccc4ocnc4c3)[C@@]2(C)C1. The van der Waals surface area contributed by atoms with Gasteiger partial charge in [-0.1, -0.05) is 30.7 Å². The lowest BCUT2D eigenvalue weighted by molar-refractivity contribution is -0.162. The summed E-state index contributed by atoms with van der Waals surface area (Å²) in [5.41, 5.74) is 6.87. The Morgan fingerprint density at radius 1 is 1.17 bits per heavy atom. The molecule has 2 N–H and O–H groups in total. The summed E-state index contributed by atoms with van der Waals surface area (Å²) in [7, 11) is 3.96. The van der Waals surface area contributed by atoms with Gasteiger partial charge in [0.15, 0.2) is 12.0 Å². The first-order valence-corrected chi connectivity index (χ1v) is 12.9. The summed E-state index contributed by atoms with van der Waals surface area (Å²) >= 11 is 0. The van der Waals surface area contributed by atoms with Crippen LogP contribution in [0.15, 0.2) is 57.9 Å². The molecule has 1 saturated carbocycles. The van der Waals surface area contributed by atoms with Gasteiger partial charge in [0.2, 0.25) is 0 Å². The summed E-state index contributed by atoms with van der Waals surface area (Å²) in [6.07, 6.45) is 8.93. The molecule has 35 heavy (non-hydrogen) atoms. The van der Waals surface area contributed by atoms with E-state index in [9.17, 15) is 10.2 Å². The monoisotopic (exact) mass is 474 g/mol. The number of hydrogen-bond donors (Lipinski definition) is 2. The molecular weight excluding hydrogens is 440 g/mol. The molecule has 1 aromatic heterocycles. The third-order valence-corrected chi connectivity index (χ3v) is 10.0. The Morgan fingerprint density at radius 3 is 2.80 bits per heavy atom. The average Bonchev–Trinajstić information content (AvgIpc) is 3.50. The highest BCUT2D eigenvalue weighted by molar-refractivity contribution is 5.82. The smallest absolute Gasteiger partial charge is 0.181 e. The molecule has 6 heteroatoms. The van der Waals surface area contributed by atoms with Crippen LogP contribution in [0.3, 0.4) is 0 Å². The van der Waals surface area contributed by atoms with Crippen LogP contribution >= 0.6 is 0 Å². The predicted octanol–water partition coefficient (Wildman–Crippen LogP) is 4.24. The standard InChI is InChI=1S/C29H34N2O4/c1-16-13-27(2)18(17-5-7-23-21(11-17)30-15-34-23)6-8-24(27)29-10-9-28(35-29)14-22(31(3)4)26(33)25(32)20(28)12-19(16)29/h5-7,11-12,15,22,24-26,32-33H,8-10,13-14H2,1-4H3/t22-,24?,25+,26+,27+,28+,29+/m0/s1. The number of rotatable bonds is 2. The summed E-state index contributed by atoms with van der Waals surface area (Å²) in [5.74, 6) is 0.329. The summed E-state index contributed by atoms with van der Waals surface area (Å²) in [6.45, 7) is 4.64. The van der Waals surface area contributed by atoms with Gasteiger partial charge in [0, 0.05) is 17.4 Å². The molecule has 2 bridgehead atoms. The summed E-state index contributed by atoms with van der Waals surface area (Å²) in [5, 5.41) is 22.1. The molecule has 3 aliphatic carbocycles. The first-order chi connectivity index (χ1) is 16.7. The number of oxazole rings is 1. The van der Waals surface area contributed by atoms with E-state index in [0.717, 1.165) is 42.4 Å². The molecule has 6 nitrogen and oxygen atoms in total. The minimum absolute atomic E-state index is 0.0460. The third kappa shape index (κ3) is 2.66. The summed E-state index contributed by atoms with van der Waals surface area (Å²) in [4.78, 5) is 6.42. The van der Waals surface area contributed by atoms with Gasteiger partial charge in [0.1, 0.15) is 11.6 Å². The van der Waals surface area contributed by atoms with Crippen LogP contribution in [-0.4, -0.2) is 63.6 Å². The highest BCUT2D eigenvalue weighted by Crippen LogP contribution is 2.69. The Kier molecular flexibility index (Phi) is 4.36. The minimum atomic E-state index is -0.896. The van der Waals surface area contributed by atoms with Crippen LogP contribution in [0, 0.1) is 11.3 Å². The molecule has 2 spiro atoms. The Bertz CT molecular complexity index is 1340. The van der Waals surface area contributed by atoms with E-state index in [4.69, 9.17) is 9.15 Å². The average molecular weight is 475 g/mol. The van der Waals surface area contributed by atoms with Crippen molar-refractivity contribution in [3.05, 3.63) is 59.0 Å². The third-order valence-electron chi connectivity index (χ3n) is 10.0. The van der Waals surface area contributed by atoms with Crippen molar-refractivity contribution in [1.82, 2.24) is 9.88 Å². The van der Waals surface area contributed by atoms with E-state index < -0.39 is 17.8 Å². The lowest BCUT2D eigenvalue weighted by Crippen LogP contribution is -2.62. The fourth-order valence-corrected chi connectivity index (χ4v) is 8.47. The number of hydrogen-bond acceptors (Lipinski definition) is 6. The van der Waals surface area contributed by atoms with Gasteiger partial charge in [0.25, 0.3) is 0 Å². The van der Waals surface area contributed by atoms with E-state index in [1.54, 1.807) is 0 Å². The van der Waals surface area contributed by atoms with Gasteiger partial charge in [-0.05, 0) is 87.5 Å². The van der Waals surface area contributed by atoms with Crippen LogP contribution < -0.4 is 0 Å². The Balaban J connectivity index is 1.34. The second-order valence-electron chi connectivity index (χ2n) is 12.0. The van der Waals surface area contributed by atoms with Crippen molar-refractivity contribution in [3.8, 4) is 0 Å². The maximum atomic E-state index is 11.2. The lowest BCUT2D eigenvalue weighted by atomic mass is 9.56. The van der Waals surface area contributed by atoms with Gasteiger partial charge in [-0.2, -0.15) is 0 Å². The quantitative estimate of drug-likeness (QED) is 0.678. The fraction of sp³-hybridized carbons (Fsp3) is 0.552. The summed E-state index contributed by atoms with van der Waals surface area (Å²) in [6, 6.07) is 6.21. The van der Waals surface area contributed by atoms with Gasteiger partial charge in [0.05, 0.1) is 17.3 Å². The van der Waals surface area contributed by atoms with Crippen molar-refractivity contribution in [2.45, 2.75) is 75.4 Å². The van der Waals surface area contributed by atoms with Crippen molar-refractivity contribution in [2.75, 3.05) is 14.1 Å². The molecule has 2 aliphatic heterocycles. The molecule has 184 valence electrons. The van der Waals surface area contributed by atoms with Crippen LogP contribution in [0.5, 0.6) is 0 Å². The normalized spacial score (nSPS) is 42.1. The Labute approximate surface area is 206 Å². The van der Waals surface area contributed by atoms with Crippen molar-refractivity contribution >= 4 is 16.7 Å². The molecule has 0 radical (unpaired) electrons. The number of aliphatic hydroxyl groups is 2. The zero-order valence-electron chi connectivity index (χ0n) is 20.9. The molecule has 1 aromatic carbocycles. The molecule has 2 aromatic rings. The number of fused-ring (bicyclic) bond motifs is 2. The number of aromatic nitrogens is 1. The minimum Gasteiger partial charge on any atom is -0.443 e. The van der Waals surface area contributed by atoms with Crippen LogP contribution in [0.2, 0.25) is 0 Å². The molecule has 5 aliphatic rings. The van der Waals surface area contributed by atoms with Crippen molar-refractivity contribution in [3.63, 3.8) is 0 Å². The first-order valence-electron chi connectivity index (χ1n) is 12.9. The molecule has 7 atom stereocenters. The molecule has 0 amide bonds. The first kappa shape index (κ1) is 22.0. The van der Waals surface area contributed by atoms with Gasteiger partial charge < -0.3 is 24.3 Å². The van der Waals surface area contributed by atoms with Crippen molar-refractivity contribution < 1.29 is 19.4 Å². The zero-order chi connectivity index (χ0) is 24.3. The molecule has 1 unspecified atom stereocenters. The predicted molar refractivity (Wildman–Crippen MR) is 133 cm³/mol. The number of likely N-dealkylation sites (N-methyl/N-ethyl adjacent to an activating group) is 1. The zero-order valence-corrected chi connectivity index (χ0v) is 20.9. The number of benzene rings is 1. The summed E-state index contributed by atoms with van der Waals surface area (Å²) < 4.78 is 12.8. The fourth-order valence-electron chi connectivity index (χ4n) is 8.47. The molecule has 1 saturated heterocycles. The second kappa shape index (κ2) is 6.94. The van der Waals surface area contributed by atoms with Crippen molar-refractivity contribution in [2.24, 2.45) is 11.3 Å². The van der Waals surface area contributed by atoms with Gasteiger partial charge in [-0.15, -0.1) is 0 Å². The van der Waals surface area contributed by atoms with E-state index in [2.05, 4.69) is 43.1 Å². The van der Waals surface area contributed by atoms with E-state index >= 15 is 0 Å². The van der Waals surface area contributed by atoms with Crippen LogP contribution in [-0.2, 0) is 4.74 Å². The number of ether oxygens (including phenoxy) is 1. The molecule has 3 heterocycles. The maximum absolute atomic E-state index is 11.2. The largest absolute Gasteiger partial charge is 0.443 e. The number of nitrogens with zero attached hydrogens (tertiary/aromatic N) is 2. The molecular formula is C29H34N2O4. The van der Waals surface area contributed by atoms with E-state index in [0.29, 0.717) is 12.3 Å². The molecule has 2 fully saturated rings. The molecule has 7 rings (SSSR count). The second-order valence-corrected chi connectivity index (χ2v) is 12.0. The van der Waals surface area contributed by atoms with Crippen LogP contribution in [0.4, 0.5) is 0 Å². The number of aliphatic hydroxyl groups excluding tert-OH is 2. The van der Waals surface area contributed by atoms with Crippen LogP contribution in [0.1, 0.15) is 51.5 Å². The maximum Gasteiger partial charge on any atom is 0.181 e. The number of allylic oxidation sites excluding steroid dienone is 3. The van der Waals surface area contributed by atoms with E-state index in [1.807, 2.05) is 25.1 Å². The highest BCUT2D eigenvalue weighted by Gasteiger charge is 2.68. The van der Waals surface area contributed by atoms with Gasteiger partial charge >= 0.3 is 0 Å². The van der Waals surface area contributed by atoms with Gasteiger partial charge in [-0.3, -0.25) is 0 Å². The Hall–Kier alpha value is -2.25. The van der Waals surface area contributed by atoms with E-state index in [1.165, 1.54) is 28.7 Å². The van der Waals surface area contributed by atoms with Gasteiger partial charge in [-0.25, -0.2) is 4.98 Å². The lowest BCUT2D eigenvalue weighted by Gasteiger charge is -2.56. The highest BCUT2D eigenvalue weighted by atomic mass is 16.5. The van der Waals surface area contributed by atoms with E-state index in [-0.39, 0.29) is 17.1 Å². The Morgan fingerprint density at radius 2 is 2.00 bits per heavy atom. The van der Waals surface area contributed by atoms with Crippen molar-refractivity contribution in [1.29, 1.82) is 0 Å². The topological polar surface area (TPSA) is 79.0 Å².